The molecule has 1 aromatic rings. The summed E-state index contributed by atoms with van der Waals surface area (Å²) in [5.74, 6) is -0.562. The highest BCUT2D eigenvalue weighted by atomic mass is 16.4. The average molecular weight is 209 g/mol. The average Bonchev–Trinajstić information content (AvgIpc) is 2.86. The van der Waals surface area contributed by atoms with E-state index < -0.39 is 5.97 Å². The largest absolute Gasteiger partial charge is 0.476 e. The van der Waals surface area contributed by atoms with Gasteiger partial charge in [0.25, 0.3) is 0 Å². The van der Waals surface area contributed by atoms with Gasteiger partial charge in [-0.3, -0.25) is 5.10 Å². The van der Waals surface area contributed by atoms with Gasteiger partial charge in [-0.05, 0) is 25.6 Å². The fraction of sp³-hybridized carbons (Fsp3) is 0.600. The van der Waals surface area contributed by atoms with Crippen LogP contribution in [0.5, 0.6) is 0 Å². The molecule has 2 rings (SSSR count). The number of hydrogen-bond acceptors (Lipinski definition) is 3. The Hall–Kier alpha value is -1.36. The van der Waals surface area contributed by atoms with Gasteiger partial charge in [0.1, 0.15) is 0 Å². The molecule has 1 saturated heterocycles. The molecular formula is C10H15N3O2. The Balaban J connectivity index is 2.07. The van der Waals surface area contributed by atoms with Crippen molar-refractivity contribution in [3.63, 3.8) is 0 Å². The number of H-pyrrole nitrogens is 1. The summed E-state index contributed by atoms with van der Waals surface area (Å²) < 4.78 is 0. The second kappa shape index (κ2) is 4.02. The van der Waals surface area contributed by atoms with Crippen molar-refractivity contribution in [2.75, 3.05) is 19.6 Å². The number of carboxylic acid groups (broad SMARTS) is 1. The Bertz CT molecular complexity index is 361. The minimum atomic E-state index is -0.970. The lowest BCUT2D eigenvalue weighted by Gasteiger charge is -2.11. The Morgan fingerprint density at radius 1 is 1.80 bits per heavy atom. The third-order valence-corrected chi connectivity index (χ3v) is 2.98. The zero-order valence-electron chi connectivity index (χ0n) is 8.73. The molecule has 0 aliphatic carbocycles. The number of likely N-dealkylation sites (N-methyl/N-ethyl adjacent to an activating group) is 1. The molecule has 0 spiro atoms. The van der Waals surface area contributed by atoms with E-state index in [2.05, 4.69) is 22.0 Å². The maximum atomic E-state index is 10.7. The van der Waals surface area contributed by atoms with Crippen molar-refractivity contribution in [1.82, 2.24) is 15.1 Å². The summed E-state index contributed by atoms with van der Waals surface area (Å²) in [4.78, 5) is 13.0. The number of carbonyl (C=O) groups is 1. The molecule has 2 N–H and O–H groups in total. The lowest BCUT2D eigenvalue weighted by atomic mass is 10.1. The molecule has 1 aliphatic rings. The Kier molecular flexibility index (Phi) is 2.73. The van der Waals surface area contributed by atoms with Crippen molar-refractivity contribution in [2.45, 2.75) is 19.3 Å². The number of nitrogens with zero attached hydrogens (tertiary/aromatic N) is 2. The first-order chi connectivity index (χ1) is 7.20. The van der Waals surface area contributed by atoms with E-state index in [0.29, 0.717) is 5.92 Å². The van der Waals surface area contributed by atoms with Gasteiger partial charge >= 0.3 is 5.97 Å². The summed E-state index contributed by atoms with van der Waals surface area (Å²) in [6, 6.07) is 1.64. The molecule has 0 bridgehead atoms. The molecule has 0 amide bonds. The summed E-state index contributed by atoms with van der Waals surface area (Å²) in [6.07, 6.45) is 1.08. The van der Waals surface area contributed by atoms with Crippen LogP contribution in [0.25, 0.3) is 0 Å². The van der Waals surface area contributed by atoms with E-state index in [1.54, 1.807) is 6.07 Å². The van der Waals surface area contributed by atoms with Gasteiger partial charge in [-0.2, -0.15) is 5.10 Å². The summed E-state index contributed by atoms with van der Waals surface area (Å²) in [7, 11) is 0. The van der Waals surface area contributed by atoms with Crippen LogP contribution in [0.3, 0.4) is 0 Å². The standard InChI is InChI=1S/C10H15N3O2/c1-2-13-4-3-7(6-13)8-5-9(10(14)15)12-11-8/h5,7H,2-4,6H2,1H3,(H,11,12)(H,14,15). The molecule has 15 heavy (non-hydrogen) atoms. The molecular weight excluding hydrogens is 194 g/mol. The highest BCUT2D eigenvalue weighted by Gasteiger charge is 2.24. The SMILES string of the molecule is CCN1CCC(c2cc(C(=O)O)n[nH]2)C1. The maximum Gasteiger partial charge on any atom is 0.356 e. The van der Waals surface area contributed by atoms with Gasteiger partial charge < -0.3 is 10.0 Å². The zero-order valence-corrected chi connectivity index (χ0v) is 8.73. The second-order valence-electron chi connectivity index (χ2n) is 3.89. The van der Waals surface area contributed by atoms with Crippen LogP contribution in [0.2, 0.25) is 0 Å². The first kappa shape index (κ1) is 10.2. The van der Waals surface area contributed by atoms with Crippen LogP contribution in [-0.2, 0) is 0 Å². The van der Waals surface area contributed by atoms with Crippen LogP contribution in [0.15, 0.2) is 6.07 Å². The van der Waals surface area contributed by atoms with Crippen molar-refractivity contribution in [1.29, 1.82) is 0 Å². The summed E-state index contributed by atoms with van der Waals surface area (Å²) in [6.45, 7) is 5.27. The first-order valence-electron chi connectivity index (χ1n) is 5.21. The van der Waals surface area contributed by atoms with Crippen LogP contribution in [-0.4, -0.2) is 45.8 Å². The molecule has 1 aliphatic heterocycles. The monoisotopic (exact) mass is 209 g/mol. The maximum absolute atomic E-state index is 10.7. The molecule has 0 saturated carbocycles. The fourth-order valence-electron chi connectivity index (χ4n) is 2.03. The molecule has 0 radical (unpaired) electrons. The van der Waals surface area contributed by atoms with Crippen LogP contribution in [0.1, 0.15) is 35.4 Å². The zero-order chi connectivity index (χ0) is 10.8. The van der Waals surface area contributed by atoms with E-state index >= 15 is 0 Å². The number of likely N-dealkylation sites (tertiary alicyclic amines) is 1. The van der Waals surface area contributed by atoms with Crippen LogP contribution >= 0.6 is 0 Å². The molecule has 2 heterocycles. The Morgan fingerprint density at radius 2 is 2.60 bits per heavy atom. The van der Waals surface area contributed by atoms with Gasteiger partial charge in [0.05, 0.1) is 0 Å². The lowest BCUT2D eigenvalue weighted by Crippen LogP contribution is -2.19. The van der Waals surface area contributed by atoms with Gasteiger partial charge in [-0.25, -0.2) is 4.79 Å². The topological polar surface area (TPSA) is 69.2 Å². The van der Waals surface area contributed by atoms with E-state index in [-0.39, 0.29) is 5.69 Å². The van der Waals surface area contributed by atoms with Crippen LogP contribution < -0.4 is 0 Å². The smallest absolute Gasteiger partial charge is 0.356 e. The molecule has 1 aromatic heterocycles. The fourth-order valence-corrected chi connectivity index (χ4v) is 2.03. The number of aromatic nitrogens is 2. The number of aromatic amines is 1. The third kappa shape index (κ3) is 2.02. The number of rotatable bonds is 3. The number of nitrogens with one attached hydrogen (secondary N) is 1. The number of hydrogen-bond donors (Lipinski definition) is 2. The molecule has 0 aromatic carbocycles. The number of aromatic carboxylic acids is 1. The normalized spacial score (nSPS) is 22.1. The van der Waals surface area contributed by atoms with E-state index in [4.69, 9.17) is 5.11 Å². The van der Waals surface area contributed by atoms with E-state index in [9.17, 15) is 4.79 Å². The van der Waals surface area contributed by atoms with Crippen LogP contribution in [0.4, 0.5) is 0 Å². The molecule has 5 heteroatoms. The first-order valence-corrected chi connectivity index (χ1v) is 5.21. The van der Waals surface area contributed by atoms with Crippen molar-refractivity contribution in [3.8, 4) is 0 Å². The van der Waals surface area contributed by atoms with Crippen molar-refractivity contribution < 1.29 is 9.90 Å². The molecule has 82 valence electrons. The molecule has 1 unspecified atom stereocenters. The lowest BCUT2D eigenvalue weighted by molar-refractivity contribution is 0.0690. The minimum absolute atomic E-state index is 0.111. The Morgan fingerprint density at radius 3 is 3.13 bits per heavy atom. The van der Waals surface area contributed by atoms with E-state index in [1.807, 2.05) is 0 Å². The molecule has 1 fully saturated rings. The third-order valence-electron chi connectivity index (χ3n) is 2.98. The van der Waals surface area contributed by atoms with Crippen molar-refractivity contribution in [2.24, 2.45) is 0 Å². The quantitative estimate of drug-likeness (QED) is 0.776. The predicted octanol–water partition coefficient (Wildman–Crippen LogP) is 0.917. The van der Waals surface area contributed by atoms with E-state index in [0.717, 1.165) is 31.7 Å². The molecule has 5 nitrogen and oxygen atoms in total. The number of carboxylic acids is 1. The summed E-state index contributed by atoms with van der Waals surface area (Å²) >= 11 is 0. The van der Waals surface area contributed by atoms with Gasteiger partial charge in [0.15, 0.2) is 5.69 Å². The van der Waals surface area contributed by atoms with Crippen molar-refractivity contribution >= 4 is 5.97 Å². The van der Waals surface area contributed by atoms with Gasteiger partial charge in [-0.1, -0.05) is 6.92 Å². The Labute approximate surface area is 88.1 Å². The summed E-state index contributed by atoms with van der Waals surface area (Å²) in [5, 5.41) is 15.3. The van der Waals surface area contributed by atoms with Gasteiger partial charge in [-0.15, -0.1) is 0 Å². The van der Waals surface area contributed by atoms with Gasteiger partial charge in [0.2, 0.25) is 0 Å². The molecule has 1 atom stereocenters. The highest BCUT2D eigenvalue weighted by Crippen LogP contribution is 2.25. The predicted molar refractivity (Wildman–Crippen MR) is 55.0 cm³/mol. The van der Waals surface area contributed by atoms with Crippen LogP contribution in [0, 0.1) is 0 Å². The van der Waals surface area contributed by atoms with Crippen molar-refractivity contribution in [3.05, 3.63) is 17.5 Å². The minimum Gasteiger partial charge on any atom is -0.476 e. The van der Waals surface area contributed by atoms with Gasteiger partial charge in [0, 0.05) is 18.2 Å². The second-order valence-corrected chi connectivity index (χ2v) is 3.89. The summed E-state index contributed by atoms with van der Waals surface area (Å²) in [5.41, 5.74) is 1.06. The van der Waals surface area contributed by atoms with E-state index in [1.165, 1.54) is 0 Å². The highest BCUT2D eigenvalue weighted by molar-refractivity contribution is 5.85.